The predicted molar refractivity (Wildman–Crippen MR) is 99.0 cm³/mol. The van der Waals surface area contributed by atoms with E-state index in [0.717, 1.165) is 5.69 Å². The molecule has 0 saturated carbocycles. The lowest BCUT2D eigenvalue weighted by Crippen LogP contribution is -2.30. The largest absolute Gasteiger partial charge is 0.483 e. The molecule has 0 unspecified atom stereocenters. The van der Waals surface area contributed by atoms with E-state index in [1.165, 1.54) is 34.4 Å². The minimum atomic E-state index is -0.511. The number of carbonyl (C=O) groups excluding carboxylic acids is 1. The van der Waals surface area contributed by atoms with Gasteiger partial charge in [-0.15, -0.1) is 11.3 Å². The molecular formula is C18H15N3O4S. The molecule has 0 aliphatic rings. The molecule has 3 aromatic rings. The number of nitro groups is 1. The van der Waals surface area contributed by atoms with Crippen LogP contribution >= 0.6 is 11.3 Å². The average Bonchev–Trinajstić information content (AvgIpc) is 3.07. The van der Waals surface area contributed by atoms with Gasteiger partial charge in [0.25, 0.3) is 11.6 Å². The molecule has 0 aliphatic heterocycles. The molecule has 0 N–H and O–H groups in total. The molecule has 132 valence electrons. The van der Waals surface area contributed by atoms with Crippen molar-refractivity contribution in [3.05, 3.63) is 75.8 Å². The van der Waals surface area contributed by atoms with Gasteiger partial charge in [-0.1, -0.05) is 24.3 Å². The normalized spacial score (nSPS) is 10.3. The Morgan fingerprint density at radius 2 is 2.00 bits per heavy atom. The number of ether oxygens (including phenoxy) is 1. The molecule has 0 saturated heterocycles. The summed E-state index contributed by atoms with van der Waals surface area (Å²) in [5.74, 6) is -0.0621. The monoisotopic (exact) mass is 369 g/mol. The van der Waals surface area contributed by atoms with Gasteiger partial charge in [-0.25, -0.2) is 4.98 Å². The summed E-state index contributed by atoms with van der Waals surface area (Å²) >= 11 is 1.36. The summed E-state index contributed by atoms with van der Waals surface area (Å²) in [5.41, 5.74) is 1.40. The summed E-state index contributed by atoms with van der Waals surface area (Å²) in [6.07, 6.45) is 0. The second-order valence-corrected chi connectivity index (χ2v) is 6.22. The number of non-ortho nitro benzene ring substituents is 1. The second-order valence-electron chi connectivity index (χ2n) is 5.38. The summed E-state index contributed by atoms with van der Waals surface area (Å²) in [4.78, 5) is 29.0. The molecule has 0 fully saturated rings. The minimum Gasteiger partial charge on any atom is -0.483 e. The molecule has 8 heteroatoms. The van der Waals surface area contributed by atoms with Crippen LogP contribution in [-0.2, 0) is 4.79 Å². The topological polar surface area (TPSA) is 85.6 Å². The van der Waals surface area contributed by atoms with Crippen molar-refractivity contribution in [2.45, 2.75) is 6.92 Å². The van der Waals surface area contributed by atoms with Crippen molar-refractivity contribution >= 4 is 33.8 Å². The average molecular weight is 369 g/mol. The number of carbonyl (C=O) groups is 1. The lowest BCUT2D eigenvalue weighted by molar-refractivity contribution is -0.384. The van der Waals surface area contributed by atoms with Gasteiger partial charge in [0.15, 0.2) is 11.7 Å². The molecule has 7 nitrogen and oxygen atoms in total. The van der Waals surface area contributed by atoms with Crippen LogP contribution in [0.25, 0.3) is 0 Å². The van der Waals surface area contributed by atoms with Crippen LogP contribution in [0.2, 0.25) is 0 Å². The highest BCUT2D eigenvalue weighted by molar-refractivity contribution is 7.14. The van der Waals surface area contributed by atoms with E-state index >= 15 is 0 Å². The van der Waals surface area contributed by atoms with Gasteiger partial charge in [-0.3, -0.25) is 19.8 Å². The Bertz CT molecular complexity index is 927. The van der Waals surface area contributed by atoms with Crippen molar-refractivity contribution in [2.24, 2.45) is 0 Å². The number of rotatable bonds is 6. The fraction of sp³-hybridized carbons (Fsp3) is 0.111. The molecule has 26 heavy (non-hydrogen) atoms. The van der Waals surface area contributed by atoms with Crippen LogP contribution in [0.3, 0.4) is 0 Å². The molecule has 0 aliphatic carbocycles. The van der Waals surface area contributed by atoms with E-state index in [0.29, 0.717) is 10.8 Å². The maximum Gasteiger partial charge on any atom is 0.273 e. The number of benzene rings is 2. The fourth-order valence-corrected chi connectivity index (χ4v) is 3.12. The molecule has 1 heterocycles. The molecule has 0 radical (unpaired) electrons. The summed E-state index contributed by atoms with van der Waals surface area (Å²) in [5, 5.41) is 13.2. The van der Waals surface area contributed by atoms with Crippen LogP contribution in [0.15, 0.2) is 60.0 Å². The lowest BCUT2D eigenvalue weighted by atomic mass is 10.3. The van der Waals surface area contributed by atoms with Gasteiger partial charge >= 0.3 is 0 Å². The summed E-state index contributed by atoms with van der Waals surface area (Å²) < 4.78 is 5.47. The highest BCUT2D eigenvalue weighted by atomic mass is 32.1. The highest BCUT2D eigenvalue weighted by Crippen LogP contribution is 2.29. The first-order valence-corrected chi connectivity index (χ1v) is 8.60. The van der Waals surface area contributed by atoms with Gasteiger partial charge in [0.1, 0.15) is 5.75 Å². The number of hydrogen-bond acceptors (Lipinski definition) is 6. The van der Waals surface area contributed by atoms with Crippen molar-refractivity contribution in [3.63, 3.8) is 0 Å². The molecule has 3 rings (SSSR count). The fourth-order valence-electron chi connectivity index (χ4n) is 2.28. The van der Waals surface area contributed by atoms with Crippen molar-refractivity contribution in [1.82, 2.24) is 4.98 Å². The Morgan fingerprint density at radius 3 is 2.65 bits per heavy atom. The Morgan fingerprint density at radius 1 is 1.23 bits per heavy atom. The Balaban J connectivity index is 1.80. The summed E-state index contributed by atoms with van der Waals surface area (Å²) in [6, 6.07) is 14.9. The predicted octanol–water partition coefficient (Wildman–Crippen LogP) is 4.10. The highest BCUT2D eigenvalue weighted by Gasteiger charge is 2.21. The molecule has 1 aromatic heterocycles. The standard InChI is InChI=1S/C18H15N3O4S/c1-13-12-26-18(19-13)20(14-6-3-2-4-7-14)17(22)11-25-16-9-5-8-15(10-16)21(23)24/h2-10,12H,11H2,1H3. The van der Waals surface area contributed by atoms with E-state index in [1.54, 1.807) is 6.07 Å². The second kappa shape index (κ2) is 7.75. The molecule has 0 bridgehead atoms. The number of aromatic nitrogens is 1. The van der Waals surface area contributed by atoms with Crippen molar-refractivity contribution in [1.29, 1.82) is 0 Å². The molecule has 2 aromatic carbocycles. The smallest absolute Gasteiger partial charge is 0.273 e. The first-order valence-electron chi connectivity index (χ1n) is 7.72. The lowest BCUT2D eigenvalue weighted by Gasteiger charge is -2.20. The number of anilines is 2. The van der Waals surface area contributed by atoms with Crippen LogP contribution in [-0.4, -0.2) is 22.4 Å². The van der Waals surface area contributed by atoms with E-state index in [9.17, 15) is 14.9 Å². The Hall–Kier alpha value is -3.26. The number of nitro benzene ring substituents is 1. The Labute approximate surface area is 153 Å². The van der Waals surface area contributed by atoms with Gasteiger partial charge in [0.2, 0.25) is 0 Å². The minimum absolute atomic E-state index is 0.0922. The number of amides is 1. The first kappa shape index (κ1) is 17.6. The summed E-state index contributed by atoms with van der Waals surface area (Å²) in [7, 11) is 0. The van der Waals surface area contributed by atoms with E-state index in [1.807, 2.05) is 42.6 Å². The zero-order valence-electron chi connectivity index (χ0n) is 13.9. The quantitative estimate of drug-likeness (QED) is 0.482. The van der Waals surface area contributed by atoms with Crippen LogP contribution < -0.4 is 9.64 Å². The Kier molecular flexibility index (Phi) is 5.23. The van der Waals surface area contributed by atoms with Gasteiger partial charge in [0.05, 0.1) is 22.4 Å². The number of hydrogen-bond donors (Lipinski definition) is 0. The first-order chi connectivity index (χ1) is 12.5. The van der Waals surface area contributed by atoms with Crippen molar-refractivity contribution in [3.8, 4) is 5.75 Å². The number of aryl methyl sites for hydroxylation is 1. The van der Waals surface area contributed by atoms with Crippen molar-refractivity contribution < 1.29 is 14.5 Å². The van der Waals surface area contributed by atoms with Crippen LogP contribution in [0, 0.1) is 17.0 Å². The SMILES string of the molecule is Cc1csc(N(C(=O)COc2cccc([N+](=O)[O-])c2)c2ccccc2)n1. The van der Waals surface area contributed by atoms with Crippen molar-refractivity contribution in [2.75, 3.05) is 11.5 Å². The van der Waals surface area contributed by atoms with Gasteiger partial charge < -0.3 is 4.74 Å². The molecule has 1 amide bonds. The van der Waals surface area contributed by atoms with Crippen LogP contribution in [0.5, 0.6) is 5.75 Å². The third-order valence-corrected chi connectivity index (χ3v) is 4.40. The molecule has 0 spiro atoms. The van der Waals surface area contributed by atoms with E-state index in [2.05, 4.69) is 4.98 Å². The number of nitrogens with zero attached hydrogens (tertiary/aromatic N) is 3. The molecule has 0 atom stereocenters. The molecular weight excluding hydrogens is 354 g/mol. The van der Waals surface area contributed by atoms with Gasteiger partial charge in [0, 0.05) is 11.4 Å². The van der Waals surface area contributed by atoms with E-state index in [-0.39, 0.29) is 24.0 Å². The number of thiazole rings is 1. The van der Waals surface area contributed by atoms with Crippen LogP contribution in [0.4, 0.5) is 16.5 Å². The maximum absolute atomic E-state index is 12.8. The third-order valence-electron chi connectivity index (χ3n) is 3.45. The van der Waals surface area contributed by atoms with Gasteiger partial charge in [-0.05, 0) is 25.1 Å². The summed E-state index contributed by atoms with van der Waals surface area (Å²) in [6.45, 7) is 1.59. The number of para-hydroxylation sites is 1. The van der Waals surface area contributed by atoms with E-state index in [4.69, 9.17) is 4.74 Å². The van der Waals surface area contributed by atoms with Crippen LogP contribution in [0.1, 0.15) is 5.69 Å². The third kappa shape index (κ3) is 4.04. The zero-order valence-corrected chi connectivity index (χ0v) is 14.7. The zero-order chi connectivity index (χ0) is 18.5. The van der Waals surface area contributed by atoms with E-state index < -0.39 is 4.92 Å². The van der Waals surface area contributed by atoms with Gasteiger partial charge in [-0.2, -0.15) is 0 Å². The maximum atomic E-state index is 12.8.